The lowest BCUT2D eigenvalue weighted by Gasteiger charge is -2.24. The first-order valence-corrected chi connectivity index (χ1v) is 7.11. The Morgan fingerprint density at radius 2 is 1.65 bits per heavy atom. The highest BCUT2D eigenvalue weighted by Gasteiger charge is 2.25. The summed E-state index contributed by atoms with van der Waals surface area (Å²) in [5.41, 5.74) is 5.40. The average molecular weight is 286 g/mol. The molecule has 0 aromatic heterocycles. The number of esters is 1. The standard InChI is InChI=1S/C15H30N2O3/c1-10(13(19)20-15(5,6)7)17-12(18)11(16)8-9-14(2,3)4/h10-11H,8-9,16H2,1-7H3,(H,17,18)/t10-,11-/m0/s1. The maximum Gasteiger partial charge on any atom is 0.328 e. The normalized spacial score (nSPS) is 15.4. The Morgan fingerprint density at radius 3 is 2.05 bits per heavy atom. The molecule has 20 heavy (non-hydrogen) atoms. The molecule has 0 radical (unpaired) electrons. The van der Waals surface area contributed by atoms with Crippen molar-refractivity contribution in [2.24, 2.45) is 11.1 Å². The van der Waals surface area contributed by atoms with Gasteiger partial charge >= 0.3 is 5.97 Å². The van der Waals surface area contributed by atoms with Gasteiger partial charge in [-0.05, 0) is 46.0 Å². The van der Waals surface area contributed by atoms with Crippen molar-refractivity contribution in [3.8, 4) is 0 Å². The summed E-state index contributed by atoms with van der Waals surface area (Å²) in [7, 11) is 0. The van der Waals surface area contributed by atoms with Gasteiger partial charge in [-0.1, -0.05) is 20.8 Å². The molecule has 0 aliphatic rings. The van der Waals surface area contributed by atoms with Crippen molar-refractivity contribution in [2.45, 2.75) is 79.0 Å². The van der Waals surface area contributed by atoms with Gasteiger partial charge in [0.05, 0.1) is 6.04 Å². The van der Waals surface area contributed by atoms with E-state index in [4.69, 9.17) is 10.5 Å². The maximum absolute atomic E-state index is 11.9. The van der Waals surface area contributed by atoms with Crippen LogP contribution in [0.3, 0.4) is 0 Å². The Hall–Kier alpha value is -1.10. The molecule has 1 amide bonds. The summed E-state index contributed by atoms with van der Waals surface area (Å²) in [5.74, 6) is -0.763. The second-order valence-electron chi connectivity index (χ2n) is 7.47. The fourth-order valence-electron chi connectivity index (χ4n) is 1.49. The molecule has 5 heteroatoms. The van der Waals surface area contributed by atoms with Gasteiger partial charge in [-0.2, -0.15) is 0 Å². The number of ether oxygens (including phenoxy) is 1. The zero-order chi connectivity index (χ0) is 16.1. The predicted molar refractivity (Wildman–Crippen MR) is 80.1 cm³/mol. The van der Waals surface area contributed by atoms with Gasteiger partial charge in [-0.3, -0.25) is 4.79 Å². The summed E-state index contributed by atoms with van der Waals surface area (Å²) in [6.07, 6.45) is 1.44. The number of hydrogen-bond donors (Lipinski definition) is 2. The predicted octanol–water partition coefficient (Wildman–Crippen LogP) is 1.99. The van der Waals surface area contributed by atoms with Gasteiger partial charge in [-0.15, -0.1) is 0 Å². The highest BCUT2D eigenvalue weighted by Crippen LogP contribution is 2.21. The summed E-state index contributed by atoms with van der Waals surface area (Å²) >= 11 is 0. The minimum absolute atomic E-state index is 0.134. The van der Waals surface area contributed by atoms with E-state index in [1.165, 1.54) is 0 Å². The first kappa shape index (κ1) is 18.9. The molecule has 0 aromatic carbocycles. The Balaban J connectivity index is 4.28. The molecule has 0 heterocycles. The summed E-state index contributed by atoms with van der Waals surface area (Å²) < 4.78 is 5.20. The zero-order valence-corrected chi connectivity index (χ0v) is 13.9. The van der Waals surface area contributed by atoms with Crippen LogP contribution in [0.15, 0.2) is 0 Å². The third-order valence-corrected chi connectivity index (χ3v) is 2.66. The van der Waals surface area contributed by atoms with E-state index in [-0.39, 0.29) is 11.3 Å². The number of amides is 1. The van der Waals surface area contributed by atoms with E-state index in [0.29, 0.717) is 6.42 Å². The number of rotatable bonds is 5. The molecular weight excluding hydrogens is 256 g/mol. The van der Waals surface area contributed by atoms with Crippen molar-refractivity contribution in [1.82, 2.24) is 5.32 Å². The molecule has 0 unspecified atom stereocenters. The van der Waals surface area contributed by atoms with Gasteiger partial charge in [0, 0.05) is 0 Å². The number of nitrogens with two attached hydrogens (primary N) is 1. The molecule has 0 bridgehead atoms. The summed E-state index contributed by atoms with van der Waals surface area (Å²) in [5, 5.41) is 2.60. The Morgan fingerprint density at radius 1 is 1.15 bits per heavy atom. The van der Waals surface area contributed by atoms with E-state index in [1.807, 2.05) is 0 Å². The van der Waals surface area contributed by atoms with E-state index < -0.39 is 23.7 Å². The van der Waals surface area contributed by atoms with Crippen LogP contribution in [0.5, 0.6) is 0 Å². The molecule has 5 nitrogen and oxygen atoms in total. The van der Waals surface area contributed by atoms with Crippen molar-refractivity contribution in [1.29, 1.82) is 0 Å². The van der Waals surface area contributed by atoms with Gasteiger partial charge in [-0.25, -0.2) is 4.79 Å². The highest BCUT2D eigenvalue weighted by molar-refractivity contribution is 5.87. The summed E-state index contributed by atoms with van der Waals surface area (Å²) in [4.78, 5) is 23.7. The van der Waals surface area contributed by atoms with Crippen LogP contribution in [0.2, 0.25) is 0 Å². The Bertz CT molecular complexity index is 340. The minimum atomic E-state index is -0.692. The van der Waals surface area contributed by atoms with Crippen LogP contribution in [0.25, 0.3) is 0 Å². The molecule has 118 valence electrons. The summed E-state index contributed by atoms with van der Waals surface area (Å²) in [6.45, 7) is 13.3. The molecule has 3 N–H and O–H groups in total. The molecule has 0 rings (SSSR count). The number of hydrogen-bond acceptors (Lipinski definition) is 4. The molecule has 0 aromatic rings. The third-order valence-electron chi connectivity index (χ3n) is 2.66. The van der Waals surface area contributed by atoms with Crippen molar-refractivity contribution in [3.05, 3.63) is 0 Å². The molecule has 0 fully saturated rings. The molecule has 0 spiro atoms. The Kier molecular flexibility index (Phi) is 6.68. The molecule has 0 aliphatic heterocycles. The van der Waals surface area contributed by atoms with Crippen molar-refractivity contribution in [3.63, 3.8) is 0 Å². The van der Waals surface area contributed by atoms with E-state index in [0.717, 1.165) is 6.42 Å². The minimum Gasteiger partial charge on any atom is -0.458 e. The maximum atomic E-state index is 11.9. The molecule has 0 saturated heterocycles. The fraction of sp³-hybridized carbons (Fsp3) is 0.867. The van der Waals surface area contributed by atoms with Crippen LogP contribution in [0.1, 0.15) is 61.3 Å². The first-order valence-electron chi connectivity index (χ1n) is 7.11. The van der Waals surface area contributed by atoms with Crippen molar-refractivity contribution >= 4 is 11.9 Å². The highest BCUT2D eigenvalue weighted by atomic mass is 16.6. The summed E-state index contributed by atoms with van der Waals surface area (Å²) in [6, 6.07) is -1.29. The van der Waals surface area contributed by atoms with Gasteiger partial charge < -0.3 is 15.8 Å². The average Bonchev–Trinajstić information content (AvgIpc) is 2.22. The van der Waals surface area contributed by atoms with Crippen LogP contribution in [-0.4, -0.2) is 29.6 Å². The quantitative estimate of drug-likeness (QED) is 0.757. The topological polar surface area (TPSA) is 81.4 Å². The van der Waals surface area contributed by atoms with Crippen molar-refractivity contribution in [2.75, 3.05) is 0 Å². The lowest BCUT2D eigenvalue weighted by atomic mass is 9.88. The van der Waals surface area contributed by atoms with Crippen molar-refractivity contribution < 1.29 is 14.3 Å². The molecule has 2 atom stereocenters. The molecular formula is C15H30N2O3. The SMILES string of the molecule is C[C@H](NC(=O)[C@@H](N)CCC(C)(C)C)C(=O)OC(C)(C)C. The van der Waals surface area contributed by atoms with E-state index >= 15 is 0 Å². The van der Waals surface area contributed by atoms with Gasteiger partial charge in [0.25, 0.3) is 0 Å². The second-order valence-corrected chi connectivity index (χ2v) is 7.47. The molecule has 0 aliphatic carbocycles. The van der Waals surface area contributed by atoms with Crippen LogP contribution < -0.4 is 11.1 Å². The zero-order valence-electron chi connectivity index (χ0n) is 13.9. The lowest BCUT2D eigenvalue weighted by Crippen LogP contribution is -2.48. The van der Waals surface area contributed by atoms with Gasteiger partial charge in [0.15, 0.2) is 0 Å². The third kappa shape index (κ3) is 8.91. The largest absolute Gasteiger partial charge is 0.458 e. The lowest BCUT2D eigenvalue weighted by molar-refractivity contribution is -0.158. The smallest absolute Gasteiger partial charge is 0.328 e. The number of carbonyl (C=O) groups is 2. The van der Waals surface area contributed by atoms with E-state index in [9.17, 15) is 9.59 Å². The molecule has 0 saturated carbocycles. The number of nitrogens with one attached hydrogen (secondary N) is 1. The second kappa shape index (κ2) is 7.07. The Labute approximate surface area is 122 Å². The van der Waals surface area contributed by atoms with Gasteiger partial charge in [0.1, 0.15) is 11.6 Å². The fourth-order valence-corrected chi connectivity index (χ4v) is 1.49. The van der Waals surface area contributed by atoms with Crippen LogP contribution >= 0.6 is 0 Å². The van der Waals surface area contributed by atoms with E-state index in [2.05, 4.69) is 26.1 Å². The first-order chi connectivity index (χ1) is 8.82. The van der Waals surface area contributed by atoms with Crippen LogP contribution in [0.4, 0.5) is 0 Å². The number of carbonyl (C=O) groups excluding carboxylic acids is 2. The van der Waals surface area contributed by atoms with Gasteiger partial charge in [0.2, 0.25) is 5.91 Å². The van der Waals surface area contributed by atoms with Crippen LogP contribution in [0, 0.1) is 5.41 Å². The monoisotopic (exact) mass is 286 g/mol. The van der Waals surface area contributed by atoms with E-state index in [1.54, 1.807) is 27.7 Å². The van der Waals surface area contributed by atoms with Crippen LogP contribution in [-0.2, 0) is 14.3 Å².